The highest BCUT2D eigenvalue weighted by molar-refractivity contribution is 5.44. The third-order valence-electron chi connectivity index (χ3n) is 3.82. The van der Waals surface area contributed by atoms with E-state index in [-0.39, 0.29) is 0 Å². The van der Waals surface area contributed by atoms with Crippen LogP contribution in [0.15, 0.2) is 12.1 Å². The summed E-state index contributed by atoms with van der Waals surface area (Å²) >= 11 is 0. The molecule has 17 heavy (non-hydrogen) atoms. The minimum absolute atomic E-state index is 0.485. The van der Waals surface area contributed by atoms with Gasteiger partial charge in [-0.3, -0.25) is 0 Å². The van der Waals surface area contributed by atoms with Gasteiger partial charge in [-0.15, -0.1) is 0 Å². The Morgan fingerprint density at radius 2 is 1.88 bits per heavy atom. The molecule has 2 nitrogen and oxygen atoms in total. The minimum Gasteiger partial charge on any atom is -0.508 e. The summed E-state index contributed by atoms with van der Waals surface area (Å²) in [4.78, 5) is 0. The quantitative estimate of drug-likeness (QED) is 0.821. The molecule has 1 aliphatic heterocycles. The number of hydrogen-bond donors (Lipinski definition) is 2. The maximum Gasteiger partial charge on any atom is 0.119 e. The van der Waals surface area contributed by atoms with Crippen LogP contribution in [0.5, 0.6) is 5.75 Å². The Kier molecular flexibility index (Phi) is 3.72. The smallest absolute Gasteiger partial charge is 0.119 e. The van der Waals surface area contributed by atoms with Gasteiger partial charge in [-0.25, -0.2) is 0 Å². The van der Waals surface area contributed by atoms with E-state index in [0.29, 0.717) is 17.6 Å². The van der Waals surface area contributed by atoms with Crippen LogP contribution in [0.25, 0.3) is 0 Å². The summed E-state index contributed by atoms with van der Waals surface area (Å²) in [5.74, 6) is 1.53. The van der Waals surface area contributed by atoms with Crippen molar-refractivity contribution in [1.29, 1.82) is 0 Å². The van der Waals surface area contributed by atoms with Crippen molar-refractivity contribution >= 4 is 0 Å². The van der Waals surface area contributed by atoms with E-state index in [1.807, 2.05) is 6.07 Å². The van der Waals surface area contributed by atoms with Gasteiger partial charge in [-0.1, -0.05) is 19.9 Å². The zero-order valence-corrected chi connectivity index (χ0v) is 11.1. The molecule has 1 fully saturated rings. The molecule has 0 amide bonds. The van der Waals surface area contributed by atoms with E-state index in [1.165, 1.54) is 11.1 Å². The van der Waals surface area contributed by atoms with Crippen molar-refractivity contribution in [1.82, 2.24) is 5.32 Å². The molecule has 0 atom stereocenters. The van der Waals surface area contributed by atoms with Crippen molar-refractivity contribution in [2.45, 2.75) is 45.4 Å². The first-order valence-electron chi connectivity index (χ1n) is 6.63. The number of nitrogens with one attached hydrogen (secondary N) is 1. The lowest BCUT2D eigenvalue weighted by Crippen LogP contribution is -2.26. The highest BCUT2D eigenvalue weighted by Crippen LogP contribution is 2.35. The van der Waals surface area contributed by atoms with Gasteiger partial charge in [0, 0.05) is 0 Å². The van der Waals surface area contributed by atoms with Crippen LogP contribution in [0.3, 0.4) is 0 Å². The first-order chi connectivity index (χ1) is 8.09. The van der Waals surface area contributed by atoms with Gasteiger partial charge in [0.1, 0.15) is 5.75 Å². The molecule has 2 rings (SSSR count). The standard InChI is InChI=1S/C15H23NO/c1-10(2)13-9-14(15(17)8-11(13)3)12-4-6-16-7-5-12/h8-10,12,16-17H,4-7H2,1-3H3. The van der Waals surface area contributed by atoms with E-state index in [0.717, 1.165) is 31.5 Å². The highest BCUT2D eigenvalue weighted by Gasteiger charge is 2.20. The number of aromatic hydroxyl groups is 1. The van der Waals surface area contributed by atoms with Crippen LogP contribution >= 0.6 is 0 Å². The molecule has 2 N–H and O–H groups in total. The predicted octanol–water partition coefficient (Wildman–Crippen LogP) is 3.29. The van der Waals surface area contributed by atoms with Gasteiger partial charge in [0.2, 0.25) is 0 Å². The summed E-state index contributed by atoms with van der Waals surface area (Å²) in [5, 5.41) is 13.5. The Bertz CT molecular complexity index is 392. The lowest BCUT2D eigenvalue weighted by Gasteiger charge is -2.25. The van der Waals surface area contributed by atoms with Crippen molar-refractivity contribution in [2.75, 3.05) is 13.1 Å². The molecule has 0 unspecified atom stereocenters. The second kappa shape index (κ2) is 5.09. The molecule has 0 bridgehead atoms. The number of aryl methyl sites for hydroxylation is 1. The zero-order valence-electron chi connectivity index (χ0n) is 11.1. The molecule has 0 saturated carbocycles. The maximum absolute atomic E-state index is 10.1. The number of benzene rings is 1. The molecule has 0 aliphatic carbocycles. The van der Waals surface area contributed by atoms with Crippen LogP contribution in [-0.4, -0.2) is 18.2 Å². The lowest BCUT2D eigenvalue weighted by molar-refractivity contribution is 0.423. The van der Waals surface area contributed by atoms with Gasteiger partial charge in [-0.05, 0) is 67.4 Å². The Morgan fingerprint density at radius 1 is 1.24 bits per heavy atom. The molecule has 0 aromatic heterocycles. The normalized spacial score (nSPS) is 17.6. The van der Waals surface area contributed by atoms with Gasteiger partial charge < -0.3 is 10.4 Å². The minimum atomic E-state index is 0.485. The summed E-state index contributed by atoms with van der Waals surface area (Å²) in [5.41, 5.74) is 3.73. The number of phenols is 1. The molecule has 1 heterocycles. The summed E-state index contributed by atoms with van der Waals surface area (Å²) in [6.07, 6.45) is 2.27. The average Bonchev–Trinajstić information content (AvgIpc) is 2.29. The van der Waals surface area contributed by atoms with E-state index in [1.54, 1.807) is 0 Å². The number of phenolic OH excluding ortho intramolecular Hbond substituents is 1. The topological polar surface area (TPSA) is 32.3 Å². The van der Waals surface area contributed by atoms with Crippen molar-refractivity contribution in [2.24, 2.45) is 0 Å². The third-order valence-corrected chi connectivity index (χ3v) is 3.82. The molecule has 2 heteroatoms. The van der Waals surface area contributed by atoms with Gasteiger partial charge in [0.05, 0.1) is 0 Å². The molecule has 94 valence electrons. The first-order valence-corrected chi connectivity index (χ1v) is 6.63. The van der Waals surface area contributed by atoms with Gasteiger partial charge in [-0.2, -0.15) is 0 Å². The van der Waals surface area contributed by atoms with E-state index in [4.69, 9.17) is 0 Å². The lowest BCUT2D eigenvalue weighted by atomic mass is 9.85. The third kappa shape index (κ3) is 2.63. The number of hydrogen-bond acceptors (Lipinski definition) is 2. The first kappa shape index (κ1) is 12.4. The van der Waals surface area contributed by atoms with Gasteiger partial charge in [0.25, 0.3) is 0 Å². The molecule has 1 aromatic carbocycles. The molecule has 1 aromatic rings. The van der Waals surface area contributed by atoms with E-state index >= 15 is 0 Å². The molecule has 0 spiro atoms. The maximum atomic E-state index is 10.1. The fourth-order valence-electron chi connectivity index (χ4n) is 2.81. The molecule has 0 radical (unpaired) electrons. The Hall–Kier alpha value is -1.02. The second-order valence-electron chi connectivity index (χ2n) is 5.45. The summed E-state index contributed by atoms with van der Waals surface area (Å²) < 4.78 is 0. The van der Waals surface area contributed by atoms with Gasteiger partial charge in [0.15, 0.2) is 0 Å². The fraction of sp³-hybridized carbons (Fsp3) is 0.600. The van der Waals surface area contributed by atoms with Crippen LogP contribution in [0.2, 0.25) is 0 Å². The van der Waals surface area contributed by atoms with Crippen LogP contribution in [0.1, 0.15) is 55.2 Å². The fourth-order valence-corrected chi connectivity index (χ4v) is 2.81. The number of piperidine rings is 1. The highest BCUT2D eigenvalue weighted by atomic mass is 16.3. The van der Waals surface area contributed by atoms with Crippen molar-refractivity contribution in [3.05, 3.63) is 28.8 Å². The van der Waals surface area contributed by atoms with Gasteiger partial charge >= 0.3 is 0 Å². The second-order valence-corrected chi connectivity index (χ2v) is 5.45. The van der Waals surface area contributed by atoms with Crippen molar-refractivity contribution < 1.29 is 5.11 Å². The molecule has 1 saturated heterocycles. The molecular formula is C15H23NO. The van der Waals surface area contributed by atoms with E-state index < -0.39 is 0 Å². The van der Waals surface area contributed by atoms with Crippen LogP contribution < -0.4 is 5.32 Å². The van der Waals surface area contributed by atoms with Crippen LogP contribution in [0, 0.1) is 6.92 Å². The van der Waals surface area contributed by atoms with E-state index in [9.17, 15) is 5.11 Å². The predicted molar refractivity (Wildman–Crippen MR) is 71.8 cm³/mol. The monoisotopic (exact) mass is 233 g/mol. The van der Waals surface area contributed by atoms with E-state index in [2.05, 4.69) is 32.2 Å². The Labute approximate surface area is 104 Å². The summed E-state index contributed by atoms with van der Waals surface area (Å²) in [6.45, 7) is 8.64. The molecular weight excluding hydrogens is 210 g/mol. The summed E-state index contributed by atoms with van der Waals surface area (Å²) in [7, 11) is 0. The Balaban J connectivity index is 2.35. The largest absolute Gasteiger partial charge is 0.508 e. The van der Waals surface area contributed by atoms with Crippen LogP contribution in [0.4, 0.5) is 0 Å². The van der Waals surface area contributed by atoms with Crippen molar-refractivity contribution in [3.63, 3.8) is 0 Å². The Morgan fingerprint density at radius 3 is 2.47 bits per heavy atom. The average molecular weight is 233 g/mol. The van der Waals surface area contributed by atoms with Crippen molar-refractivity contribution in [3.8, 4) is 5.75 Å². The van der Waals surface area contributed by atoms with Crippen LogP contribution in [-0.2, 0) is 0 Å². The SMILES string of the molecule is Cc1cc(O)c(C2CCNCC2)cc1C(C)C. The zero-order chi connectivity index (χ0) is 12.4. The summed E-state index contributed by atoms with van der Waals surface area (Å²) in [6, 6.07) is 4.16. The number of rotatable bonds is 2. The molecule has 1 aliphatic rings.